The van der Waals surface area contributed by atoms with Crippen LogP contribution in [0.3, 0.4) is 0 Å². The van der Waals surface area contributed by atoms with Crippen molar-refractivity contribution in [1.82, 2.24) is 14.5 Å². The van der Waals surface area contributed by atoms with Crippen molar-refractivity contribution in [3.05, 3.63) is 30.1 Å². The van der Waals surface area contributed by atoms with E-state index in [1.165, 1.54) is 0 Å². The molecule has 3 rings (SSSR count). The zero-order valence-electron chi connectivity index (χ0n) is 18.1. The van der Waals surface area contributed by atoms with Gasteiger partial charge in [-0.15, -0.1) is 12.4 Å². The molecule has 1 aliphatic rings. The molecule has 1 aromatic heterocycles. The smallest absolute Gasteiger partial charge is 0.254 e. The van der Waals surface area contributed by atoms with E-state index in [1.54, 1.807) is 18.3 Å². The number of amides is 1. The van der Waals surface area contributed by atoms with E-state index in [2.05, 4.69) is 9.88 Å². The van der Waals surface area contributed by atoms with Crippen LogP contribution >= 0.6 is 12.4 Å². The van der Waals surface area contributed by atoms with Crippen molar-refractivity contribution in [3.63, 3.8) is 0 Å². The molecular weight excluding hydrogens is 408 g/mol. The van der Waals surface area contributed by atoms with Crippen LogP contribution in [0.15, 0.2) is 24.5 Å². The predicted molar refractivity (Wildman–Crippen MR) is 119 cm³/mol. The van der Waals surface area contributed by atoms with Crippen LogP contribution in [0.25, 0.3) is 0 Å². The molecule has 1 saturated heterocycles. The van der Waals surface area contributed by atoms with Crippen LogP contribution in [0.4, 0.5) is 5.95 Å². The molecule has 0 bridgehead atoms. The molecule has 0 aliphatic carbocycles. The fourth-order valence-electron chi connectivity index (χ4n) is 3.47. The van der Waals surface area contributed by atoms with Crippen molar-refractivity contribution in [1.29, 1.82) is 0 Å². The molecule has 1 aromatic carbocycles. The summed E-state index contributed by atoms with van der Waals surface area (Å²) in [5, 5.41) is 0. The molecule has 30 heavy (non-hydrogen) atoms. The number of piperazine rings is 1. The Bertz CT molecular complexity index is 807. The highest BCUT2D eigenvalue weighted by Crippen LogP contribution is 2.39. The van der Waals surface area contributed by atoms with Crippen LogP contribution in [0.5, 0.6) is 17.2 Å². The van der Waals surface area contributed by atoms with Crippen LogP contribution in [-0.2, 0) is 7.05 Å². The lowest BCUT2D eigenvalue weighted by Crippen LogP contribution is -2.49. The number of aryl methyl sites for hydroxylation is 1. The molecule has 1 fully saturated rings. The van der Waals surface area contributed by atoms with Gasteiger partial charge in [-0.25, -0.2) is 4.98 Å². The Morgan fingerprint density at radius 3 is 2.00 bits per heavy atom. The minimum Gasteiger partial charge on any atom is -0.490 e. The van der Waals surface area contributed by atoms with Gasteiger partial charge >= 0.3 is 0 Å². The van der Waals surface area contributed by atoms with Crippen molar-refractivity contribution >= 4 is 24.3 Å². The first kappa shape index (κ1) is 23.7. The normalized spacial score (nSPS) is 13.6. The molecule has 8 nitrogen and oxygen atoms in total. The van der Waals surface area contributed by atoms with Gasteiger partial charge in [-0.05, 0) is 32.9 Å². The fraction of sp³-hybridized carbons (Fsp3) is 0.524. The number of nitrogens with zero attached hydrogens (tertiary/aromatic N) is 4. The molecule has 2 aromatic rings. The van der Waals surface area contributed by atoms with Crippen LogP contribution in [0, 0.1) is 0 Å². The molecule has 0 radical (unpaired) electrons. The number of anilines is 1. The van der Waals surface area contributed by atoms with Gasteiger partial charge in [-0.3, -0.25) is 4.79 Å². The van der Waals surface area contributed by atoms with Crippen LogP contribution in [0.1, 0.15) is 31.1 Å². The highest BCUT2D eigenvalue weighted by molar-refractivity contribution is 5.95. The molecule has 0 unspecified atom stereocenters. The quantitative estimate of drug-likeness (QED) is 0.631. The minimum atomic E-state index is -0.0329. The lowest BCUT2D eigenvalue weighted by molar-refractivity contribution is 0.0745. The topological polar surface area (TPSA) is 69.1 Å². The monoisotopic (exact) mass is 438 g/mol. The molecule has 9 heteroatoms. The lowest BCUT2D eigenvalue weighted by Gasteiger charge is -2.35. The fourth-order valence-corrected chi connectivity index (χ4v) is 3.47. The Kier molecular flexibility index (Phi) is 8.65. The van der Waals surface area contributed by atoms with E-state index in [9.17, 15) is 4.79 Å². The number of rotatable bonds is 8. The third kappa shape index (κ3) is 5.11. The van der Waals surface area contributed by atoms with Gasteiger partial charge in [0.15, 0.2) is 11.5 Å². The van der Waals surface area contributed by atoms with Crippen molar-refractivity contribution in [3.8, 4) is 17.2 Å². The second-order valence-electron chi connectivity index (χ2n) is 6.72. The highest BCUT2D eigenvalue weighted by Gasteiger charge is 2.26. The molecule has 0 spiro atoms. The Labute approximate surface area is 184 Å². The van der Waals surface area contributed by atoms with Crippen LogP contribution in [-0.4, -0.2) is 66.4 Å². The largest absolute Gasteiger partial charge is 0.490 e. The van der Waals surface area contributed by atoms with Crippen molar-refractivity contribution in [2.24, 2.45) is 7.05 Å². The van der Waals surface area contributed by atoms with Crippen molar-refractivity contribution < 1.29 is 19.0 Å². The maximum Gasteiger partial charge on any atom is 0.254 e. The first-order valence-electron chi connectivity index (χ1n) is 10.2. The summed E-state index contributed by atoms with van der Waals surface area (Å²) in [6, 6.07) is 3.51. The molecule has 1 aliphatic heterocycles. The SMILES string of the molecule is CCOc1cc(C(=O)N2CCN(c3nccn3C)CC2)cc(OCC)c1OCC.Cl. The number of hydrogen-bond donors (Lipinski definition) is 0. The average Bonchev–Trinajstić information content (AvgIpc) is 3.16. The van der Waals surface area contributed by atoms with Crippen molar-refractivity contribution in [2.75, 3.05) is 50.9 Å². The van der Waals surface area contributed by atoms with E-state index in [0.717, 1.165) is 19.0 Å². The highest BCUT2D eigenvalue weighted by atomic mass is 35.5. The summed E-state index contributed by atoms with van der Waals surface area (Å²) in [5.74, 6) is 2.52. The molecule has 0 N–H and O–H groups in total. The number of benzene rings is 1. The summed E-state index contributed by atoms with van der Waals surface area (Å²) in [5.41, 5.74) is 0.547. The van der Waals surface area contributed by atoms with E-state index in [0.29, 0.717) is 55.7 Å². The van der Waals surface area contributed by atoms with E-state index in [1.807, 2.05) is 43.5 Å². The Morgan fingerprint density at radius 2 is 1.53 bits per heavy atom. The predicted octanol–water partition coefficient (Wildman–Crippen LogP) is 3.00. The Balaban J connectivity index is 0.00000320. The molecule has 2 heterocycles. The number of halogens is 1. The van der Waals surface area contributed by atoms with Gasteiger partial charge in [0, 0.05) is 51.2 Å². The third-order valence-electron chi connectivity index (χ3n) is 4.80. The van der Waals surface area contributed by atoms with Gasteiger partial charge < -0.3 is 28.6 Å². The first-order chi connectivity index (χ1) is 14.1. The van der Waals surface area contributed by atoms with Crippen LogP contribution in [0.2, 0.25) is 0 Å². The number of carbonyl (C=O) groups excluding carboxylic acids is 1. The number of aromatic nitrogens is 2. The zero-order chi connectivity index (χ0) is 20.8. The third-order valence-corrected chi connectivity index (χ3v) is 4.80. The molecule has 166 valence electrons. The first-order valence-corrected chi connectivity index (χ1v) is 10.2. The zero-order valence-corrected chi connectivity index (χ0v) is 18.9. The summed E-state index contributed by atoms with van der Waals surface area (Å²) in [4.78, 5) is 21.6. The van der Waals surface area contributed by atoms with E-state index in [4.69, 9.17) is 14.2 Å². The van der Waals surface area contributed by atoms with Crippen molar-refractivity contribution in [2.45, 2.75) is 20.8 Å². The van der Waals surface area contributed by atoms with Gasteiger partial charge in [-0.2, -0.15) is 0 Å². The van der Waals surface area contributed by atoms with Crippen LogP contribution < -0.4 is 19.1 Å². The Morgan fingerprint density at radius 1 is 0.967 bits per heavy atom. The van der Waals surface area contributed by atoms with E-state index >= 15 is 0 Å². The summed E-state index contributed by atoms with van der Waals surface area (Å²) < 4.78 is 19.2. The van der Waals surface area contributed by atoms with Gasteiger partial charge in [-0.1, -0.05) is 0 Å². The maximum atomic E-state index is 13.2. The molecule has 1 amide bonds. The summed E-state index contributed by atoms with van der Waals surface area (Å²) in [6.45, 7) is 9.91. The summed E-state index contributed by atoms with van der Waals surface area (Å²) >= 11 is 0. The van der Waals surface area contributed by atoms with E-state index < -0.39 is 0 Å². The van der Waals surface area contributed by atoms with E-state index in [-0.39, 0.29) is 18.3 Å². The number of hydrogen-bond acceptors (Lipinski definition) is 6. The van der Waals surface area contributed by atoms with Gasteiger partial charge in [0.25, 0.3) is 5.91 Å². The van der Waals surface area contributed by atoms with Gasteiger partial charge in [0.2, 0.25) is 11.7 Å². The number of carbonyl (C=O) groups is 1. The van der Waals surface area contributed by atoms with Gasteiger partial charge in [0.1, 0.15) is 0 Å². The number of ether oxygens (including phenoxy) is 3. The molecule has 0 atom stereocenters. The maximum absolute atomic E-state index is 13.2. The number of imidazole rings is 1. The molecule has 0 saturated carbocycles. The summed E-state index contributed by atoms with van der Waals surface area (Å²) in [7, 11) is 1.98. The Hall–Kier alpha value is -2.61. The van der Waals surface area contributed by atoms with Gasteiger partial charge in [0.05, 0.1) is 19.8 Å². The lowest BCUT2D eigenvalue weighted by atomic mass is 10.1. The second kappa shape index (κ2) is 11.0. The minimum absolute atomic E-state index is 0. The molecular formula is C21H31ClN4O4. The second-order valence-corrected chi connectivity index (χ2v) is 6.72. The average molecular weight is 439 g/mol. The summed E-state index contributed by atoms with van der Waals surface area (Å²) in [6.07, 6.45) is 3.72. The standard InChI is InChI=1S/C21H30N4O4.ClH/c1-5-27-17-14-16(15-18(28-6-2)19(17)29-7-3)20(26)24-10-12-25(13-11-24)21-22-8-9-23(21)4;/h8-9,14-15H,5-7,10-13H2,1-4H3;1H.